The fourth-order valence-corrected chi connectivity index (χ4v) is 2.87. The minimum Gasteiger partial charge on any atom is -0.508 e. The summed E-state index contributed by atoms with van der Waals surface area (Å²) in [4.78, 5) is 2.39. The summed E-state index contributed by atoms with van der Waals surface area (Å²) in [6.45, 7) is 8.39. The Bertz CT molecular complexity index is 614. The summed E-state index contributed by atoms with van der Waals surface area (Å²) in [5, 5.41) is 17.6. The molecule has 0 amide bonds. The van der Waals surface area contributed by atoms with Crippen molar-refractivity contribution in [2.75, 3.05) is 31.1 Å². The Morgan fingerprint density at radius 1 is 1.24 bits per heavy atom. The Hall–Kier alpha value is -2.01. The summed E-state index contributed by atoms with van der Waals surface area (Å²) in [5.41, 5.74) is 3.30. The van der Waals surface area contributed by atoms with Crippen LogP contribution in [0.2, 0.25) is 0 Å². The molecule has 1 aliphatic rings. The number of anilines is 1. The van der Waals surface area contributed by atoms with Crippen LogP contribution < -0.4 is 10.2 Å². The number of rotatable bonds is 3. The van der Waals surface area contributed by atoms with E-state index < -0.39 is 0 Å². The number of hydrogen-bond acceptors (Lipinski definition) is 4. The van der Waals surface area contributed by atoms with Crippen LogP contribution >= 0.6 is 0 Å². The Kier molecular flexibility index (Phi) is 3.84. The minimum absolute atomic E-state index is 0.265. The van der Waals surface area contributed by atoms with Gasteiger partial charge in [-0.25, -0.2) is 4.68 Å². The number of piperazine rings is 1. The van der Waals surface area contributed by atoms with Crippen LogP contribution in [0, 0.1) is 0 Å². The molecule has 0 aliphatic carbocycles. The van der Waals surface area contributed by atoms with Crippen LogP contribution in [0.15, 0.2) is 30.5 Å². The zero-order valence-electron chi connectivity index (χ0n) is 12.6. The summed E-state index contributed by atoms with van der Waals surface area (Å²) < 4.78 is 1.95. The van der Waals surface area contributed by atoms with E-state index in [-0.39, 0.29) is 5.75 Å². The molecule has 5 nitrogen and oxygen atoms in total. The number of aromatic hydroxyl groups is 1. The summed E-state index contributed by atoms with van der Waals surface area (Å²) in [6, 6.07) is 7.25. The van der Waals surface area contributed by atoms with Crippen LogP contribution in [-0.4, -0.2) is 41.1 Å². The summed E-state index contributed by atoms with van der Waals surface area (Å²) in [7, 11) is 0. The predicted molar refractivity (Wildman–Crippen MR) is 84.4 cm³/mol. The molecule has 0 unspecified atom stereocenters. The first-order valence-corrected chi connectivity index (χ1v) is 7.50. The Labute approximate surface area is 125 Å². The predicted octanol–water partition coefficient (Wildman–Crippen LogP) is 2.11. The third kappa shape index (κ3) is 2.74. The molecule has 112 valence electrons. The molecule has 0 bridgehead atoms. The second-order valence-electron chi connectivity index (χ2n) is 5.74. The van der Waals surface area contributed by atoms with Gasteiger partial charge in [0.1, 0.15) is 5.75 Å². The fraction of sp³-hybridized carbons (Fsp3) is 0.438. The van der Waals surface area contributed by atoms with Crippen molar-refractivity contribution in [2.24, 2.45) is 0 Å². The van der Waals surface area contributed by atoms with Crippen molar-refractivity contribution in [2.45, 2.75) is 19.8 Å². The number of aromatic nitrogens is 2. The summed E-state index contributed by atoms with van der Waals surface area (Å²) in [6.07, 6.45) is 1.95. The SMILES string of the molecule is CC(C)c1c(N2CCNCC2)cnn1-c1cccc(O)c1. The lowest BCUT2D eigenvalue weighted by molar-refractivity contribution is 0.474. The molecule has 2 N–H and O–H groups in total. The van der Waals surface area contributed by atoms with Crippen molar-refractivity contribution in [3.63, 3.8) is 0 Å². The van der Waals surface area contributed by atoms with Crippen molar-refractivity contribution in [3.8, 4) is 11.4 Å². The number of phenolic OH excluding ortho intramolecular Hbond substituents is 1. The highest BCUT2D eigenvalue weighted by Crippen LogP contribution is 2.30. The molecule has 0 atom stereocenters. The lowest BCUT2D eigenvalue weighted by Gasteiger charge is -2.30. The first-order chi connectivity index (χ1) is 10.2. The van der Waals surface area contributed by atoms with E-state index in [1.807, 2.05) is 23.0 Å². The zero-order valence-corrected chi connectivity index (χ0v) is 12.6. The molecule has 2 heterocycles. The smallest absolute Gasteiger partial charge is 0.117 e. The molecule has 1 aromatic carbocycles. The maximum absolute atomic E-state index is 9.70. The largest absolute Gasteiger partial charge is 0.508 e. The van der Waals surface area contributed by atoms with Crippen LogP contribution in [0.1, 0.15) is 25.5 Å². The van der Waals surface area contributed by atoms with Crippen molar-refractivity contribution < 1.29 is 5.11 Å². The van der Waals surface area contributed by atoms with Gasteiger partial charge >= 0.3 is 0 Å². The average molecular weight is 286 g/mol. The van der Waals surface area contributed by atoms with Gasteiger partial charge in [0, 0.05) is 32.2 Å². The van der Waals surface area contributed by atoms with Crippen LogP contribution in [0.4, 0.5) is 5.69 Å². The minimum atomic E-state index is 0.265. The van der Waals surface area contributed by atoms with Gasteiger partial charge in [0.15, 0.2) is 0 Å². The highest BCUT2D eigenvalue weighted by atomic mass is 16.3. The molecule has 0 saturated carbocycles. The molecule has 0 radical (unpaired) electrons. The van der Waals surface area contributed by atoms with Crippen LogP contribution in [0.25, 0.3) is 5.69 Å². The highest BCUT2D eigenvalue weighted by molar-refractivity contribution is 5.54. The highest BCUT2D eigenvalue weighted by Gasteiger charge is 2.21. The lowest BCUT2D eigenvalue weighted by atomic mass is 10.1. The van der Waals surface area contributed by atoms with E-state index in [0.717, 1.165) is 31.9 Å². The Balaban J connectivity index is 2.03. The van der Waals surface area contributed by atoms with E-state index in [2.05, 4.69) is 29.2 Å². The molecule has 21 heavy (non-hydrogen) atoms. The second-order valence-corrected chi connectivity index (χ2v) is 5.74. The van der Waals surface area contributed by atoms with Crippen molar-refractivity contribution in [1.82, 2.24) is 15.1 Å². The first kappa shape index (κ1) is 13.9. The molecule has 3 rings (SSSR count). The molecule has 5 heteroatoms. The number of phenols is 1. The summed E-state index contributed by atoms with van der Waals surface area (Å²) in [5.74, 6) is 0.626. The Morgan fingerprint density at radius 2 is 2.00 bits per heavy atom. The maximum Gasteiger partial charge on any atom is 0.117 e. The third-order valence-corrected chi connectivity index (χ3v) is 3.86. The maximum atomic E-state index is 9.70. The van der Waals surface area contributed by atoms with Gasteiger partial charge in [0.05, 0.1) is 23.3 Å². The standard InChI is InChI=1S/C16H22N4O/c1-12(2)16-15(19-8-6-17-7-9-19)11-18-20(16)13-4-3-5-14(21)10-13/h3-5,10-12,17,21H,6-9H2,1-2H3. The molecule has 2 aromatic rings. The average Bonchev–Trinajstić information content (AvgIpc) is 2.93. The van der Waals surface area contributed by atoms with Crippen LogP contribution in [0.5, 0.6) is 5.75 Å². The number of hydrogen-bond donors (Lipinski definition) is 2. The van der Waals surface area contributed by atoms with E-state index in [1.54, 1.807) is 12.1 Å². The topological polar surface area (TPSA) is 53.3 Å². The first-order valence-electron chi connectivity index (χ1n) is 7.50. The van der Waals surface area contributed by atoms with E-state index >= 15 is 0 Å². The van der Waals surface area contributed by atoms with Crippen molar-refractivity contribution in [3.05, 3.63) is 36.2 Å². The quantitative estimate of drug-likeness (QED) is 0.907. The van der Waals surface area contributed by atoms with E-state index in [4.69, 9.17) is 0 Å². The molecule has 1 aromatic heterocycles. The molecule has 0 spiro atoms. The van der Waals surface area contributed by atoms with Gasteiger partial charge in [-0.2, -0.15) is 5.10 Å². The molecular weight excluding hydrogens is 264 g/mol. The van der Waals surface area contributed by atoms with Gasteiger partial charge in [-0.15, -0.1) is 0 Å². The van der Waals surface area contributed by atoms with Gasteiger partial charge in [-0.1, -0.05) is 19.9 Å². The van der Waals surface area contributed by atoms with E-state index in [1.165, 1.54) is 11.4 Å². The van der Waals surface area contributed by atoms with Gasteiger partial charge in [-0.05, 0) is 18.1 Å². The second kappa shape index (κ2) is 5.77. The van der Waals surface area contributed by atoms with Crippen LogP contribution in [-0.2, 0) is 0 Å². The van der Waals surface area contributed by atoms with E-state index in [9.17, 15) is 5.11 Å². The fourth-order valence-electron chi connectivity index (χ4n) is 2.87. The number of nitrogens with zero attached hydrogens (tertiary/aromatic N) is 3. The van der Waals surface area contributed by atoms with Crippen molar-refractivity contribution in [1.29, 1.82) is 0 Å². The van der Waals surface area contributed by atoms with E-state index in [0.29, 0.717) is 5.92 Å². The van der Waals surface area contributed by atoms with Crippen LogP contribution in [0.3, 0.4) is 0 Å². The number of nitrogens with one attached hydrogen (secondary N) is 1. The molecule has 1 fully saturated rings. The van der Waals surface area contributed by atoms with Gasteiger partial charge in [-0.3, -0.25) is 0 Å². The monoisotopic (exact) mass is 286 g/mol. The van der Waals surface area contributed by atoms with Gasteiger partial charge in [0.2, 0.25) is 0 Å². The normalized spacial score (nSPS) is 15.7. The summed E-state index contributed by atoms with van der Waals surface area (Å²) >= 11 is 0. The Morgan fingerprint density at radius 3 is 2.67 bits per heavy atom. The van der Waals surface area contributed by atoms with Gasteiger partial charge in [0.25, 0.3) is 0 Å². The van der Waals surface area contributed by atoms with Crippen molar-refractivity contribution >= 4 is 5.69 Å². The lowest BCUT2D eigenvalue weighted by Crippen LogP contribution is -2.43. The molecule has 1 saturated heterocycles. The zero-order chi connectivity index (χ0) is 14.8. The molecular formula is C16H22N4O. The third-order valence-electron chi connectivity index (χ3n) is 3.86. The van der Waals surface area contributed by atoms with Gasteiger partial charge < -0.3 is 15.3 Å². The molecule has 1 aliphatic heterocycles. The number of benzene rings is 1.